The van der Waals surface area contributed by atoms with Crippen molar-refractivity contribution in [1.82, 2.24) is 25.1 Å². The zero-order valence-corrected chi connectivity index (χ0v) is 15.0. The molecule has 1 aromatic heterocycles. The van der Waals surface area contributed by atoms with Crippen molar-refractivity contribution >= 4 is 17.7 Å². The molecule has 132 valence electrons. The van der Waals surface area contributed by atoms with Crippen LogP contribution in [0.15, 0.2) is 29.4 Å². The fourth-order valence-corrected chi connectivity index (χ4v) is 4.13. The number of tetrazole rings is 1. The first-order chi connectivity index (χ1) is 12.3. The molecule has 0 radical (unpaired) electrons. The molecule has 0 spiro atoms. The molecule has 1 saturated heterocycles. The second-order valence-corrected chi connectivity index (χ2v) is 7.39. The highest BCUT2D eigenvalue weighted by Gasteiger charge is 2.31. The first-order valence-electron chi connectivity index (χ1n) is 8.60. The van der Waals surface area contributed by atoms with Gasteiger partial charge in [-0.3, -0.25) is 4.79 Å². The van der Waals surface area contributed by atoms with E-state index < -0.39 is 0 Å². The third kappa shape index (κ3) is 3.49. The molecule has 1 unspecified atom stereocenters. The Kier molecular flexibility index (Phi) is 4.61. The number of ether oxygens (including phenoxy) is 1. The summed E-state index contributed by atoms with van der Waals surface area (Å²) in [5.41, 5.74) is 1.14. The Morgan fingerprint density at radius 1 is 1.36 bits per heavy atom. The van der Waals surface area contributed by atoms with Crippen LogP contribution in [-0.4, -0.2) is 50.4 Å². The molecular weight excluding hydrogens is 338 g/mol. The maximum Gasteiger partial charge on any atom is 0.233 e. The van der Waals surface area contributed by atoms with Gasteiger partial charge in [-0.2, -0.15) is 0 Å². The number of likely N-dealkylation sites (tertiary alicyclic amines) is 1. The Labute approximate surface area is 150 Å². The first kappa shape index (κ1) is 16.4. The van der Waals surface area contributed by atoms with Gasteiger partial charge in [0.1, 0.15) is 5.75 Å². The maximum absolute atomic E-state index is 12.8. The zero-order chi connectivity index (χ0) is 17.2. The predicted octanol–water partition coefficient (Wildman–Crippen LogP) is 2.47. The van der Waals surface area contributed by atoms with Crippen LogP contribution in [0.3, 0.4) is 0 Å². The van der Waals surface area contributed by atoms with Gasteiger partial charge in [0.15, 0.2) is 0 Å². The molecule has 1 atom stereocenters. The van der Waals surface area contributed by atoms with Crippen LogP contribution in [0.5, 0.6) is 5.75 Å². The number of methoxy groups -OCH3 is 1. The number of carbonyl (C=O) groups excluding carboxylic acids is 1. The molecule has 25 heavy (non-hydrogen) atoms. The summed E-state index contributed by atoms with van der Waals surface area (Å²) in [4.78, 5) is 14.8. The van der Waals surface area contributed by atoms with Crippen LogP contribution in [0.2, 0.25) is 0 Å². The number of benzene rings is 1. The Morgan fingerprint density at radius 3 is 3.04 bits per heavy atom. The van der Waals surface area contributed by atoms with E-state index in [0.29, 0.717) is 11.8 Å². The summed E-state index contributed by atoms with van der Waals surface area (Å²) in [6.45, 7) is 0.800. The van der Waals surface area contributed by atoms with Gasteiger partial charge in [0.05, 0.1) is 24.9 Å². The minimum Gasteiger partial charge on any atom is -0.497 e. The highest BCUT2D eigenvalue weighted by atomic mass is 32.2. The lowest BCUT2D eigenvalue weighted by Gasteiger charge is -2.25. The van der Waals surface area contributed by atoms with Crippen LogP contribution >= 0.6 is 11.8 Å². The minimum atomic E-state index is 0.127. The molecule has 0 bridgehead atoms. The topological polar surface area (TPSA) is 73.1 Å². The Morgan fingerprint density at radius 2 is 2.24 bits per heavy atom. The van der Waals surface area contributed by atoms with Crippen molar-refractivity contribution in [3.8, 4) is 5.75 Å². The van der Waals surface area contributed by atoms with Crippen LogP contribution in [-0.2, 0) is 4.79 Å². The van der Waals surface area contributed by atoms with Crippen molar-refractivity contribution in [3.05, 3.63) is 29.8 Å². The third-order valence-electron chi connectivity index (χ3n) is 4.73. The van der Waals surface area contributed by atoms with Gasteiger partial charge < -0.3 is 9.64 Å². The van der Waals surface area contributed by atoms with Crippen molar-refractivity contribution in [2.24, 2.45) is 0 Å². The Bertz CT molecular complexity index is 761. The van der Waals surface area contributed by atoms with E-state index in [-0.39, 0.29) is 11.9 Å². The van der Waals surface area contributed by atoms with Crippen molar-refractivity contribution < 1.29 is 9.53 Å². The lowest BCUT2D eigenvalue weighted by Crippen LogP contribution is -2.32. The average Bonchev–Trinajstić information content (AvgIpc) is 3.19. The summed E-state index contributed by atoms with van der Waals surface area (Å²) in [6, 6.07) is 8.55. The minimum absolute atomic E-state index is 0.127. The molecule has 1 aliphatic heterocycles. The average molecular weight is 359 g/mol. The molecule has 1 amide bonds. The monoisotopic (exact) mass is 359 g/mol. The second-order valence-electron chi connectivity index (χ2n) is 6.45. The third-order valence-corrected chi connectivity index (χ3v) is 5.65. The van der Waals surface area contributed by atoms with Gasteiger partial charge >= 0.3 is 0 Å². The molecule has 2 aliphatic rings. The Balaban J connectivity index is 1.42. The van der Waals surface area contributed by atoms with Crippen LogP contribution in [0.25, 0.3) is 0 Å². The molecule has 4 rings (SSSR count). The van der Waals surface area contributed by atoms with E-state index in [1.165, 1.54) is 11.8 Å². The number of thioether (sulfide) groups is 1. The van der Waals surface area contributed by atoms with Gasteiger partial charge in [0, 0.05) is 6.54 Å². The maximum atomic E-state index is 12.8. The van der Waals surface area contributed by atoms with E-state index in [1.807, 2.05) is 27.8 Å². The van der Waals surface area contributed by atoms with E-state index in [2.05, 4.69) is 21.6 Å². The highest BCUT2D eigenvalue weighted by molar-refractivity contribution is 7.99. The molecule has 0 N–H and O–H groups in total. The standard InChI is InChI=1S/C17H21N5O2S/c1-24-14-5-2-4-12(10-14)15-6-3-9-21(15)16(23)11-25-17-18-19-20-22(17)13-7-8-13/h2,4-5,10,13,15H,3,6-9,11H2,1H3. The molecule has 7 nitrogen and oxygen atoms in total. The quantitative estimate of drug-likeness (QED) is 0.738. The van der Waals surface area contributed by atoms with E-state index in [1.54, 1.807) is 7.11 Å². The summed E-state index contributed by atoms with van der Waals surface area (Å²) in [7, 11) is 1.66. The lowest BCUT2D eigenvalue weighted by molar-refractivity contribution is -0.129. The van der Waals surface area contributed by atoms with Crippen LogP contribution in [0, 0.1) is 0 Å². The molecular formula is C17H21N5O2S. The zero-order valence-electron chi connectivity index (χ0n) is 14.2. The molecule has 1 aliphatic carbocycles. The molecule has 1 saturated carbocycles. The van der Waals surface area contributed by atoms with Gasteiger partial charge in [0.25, 0.3) is 0 Å². The number of carbonyl (C=O) groups is 1. The van der Waals surface area contributed by atoms with Crippen LogP contribution in [0.4, 0.5) is 0 Å². The molecule has 1 aromatic carbocycles. The van der Waals surface area contributed by atoms with E-state index in [0.717, 1.165) is 48.7 Å². The van der Waals surface area contributed by atoms with E-state index in [4.69, 9.17) is 4.74 Å². The highest BCUT2D eigenvalue weighted by Crippen LogP contribution is 2.37. The first-order valence-corrected chi connectivity index (χ1v) is 9.59. The largest absolute Gasteiger partial charge is 0.497 e. The number of amides is 1. The smallest absolute Gasteiger partial charge is 0.233 e. The number of hydrogen-bond donors (Lipinski definition) is 0. The normalized spacial score (nSPS) is 20.0. The number of hydrogen-bond acceptors (Lipinski definition) is 6. The summed E-state index contributed by atoms with van der Waals surface area (Å²) >= 11 is 1.43. The molecule has 2 fully saturated rings. The summed E-state index contributed by atoms with van der Waals surface area (Å²) in [6.07, 6.45) is 4.26. The summed E-state index contributed by atoms with van der Waals surface area (Å²) < 4.78 is 7.16. The second kappa shape index (κ2) is 7.03. The molecule has 2 aromatic rings. The van der Waals surface area contributed by atoms with Crippen LogP contribution in [0.1, 0.15) is 43.3 Å². The van der Waals surface area contributed by atoms with Crippen molar-refractivity contribution in [1.29, 1.82) is 0 Å². The Hall–Kier alpha value is -2.09. The summed E-state index contributed by atoms with van der Waals surface area (Å²) in [5.74, 6) is 1.34. The SMILES string of the molecule is COc1cccc(C2CCCN2C(=O)CSc2nnnn2C2CC2)c1. The van der Waals surface area contributed by atoms with E-state index in [9.17, 15) is 4.79 Å². The fraction of sp³-hybridized carbons (Fsp3) is 0.529. The lowest BCUT2D eigenvalue weighted by atomic mass is 10.0. The number of rotatable bonds is 6. The predicted molar refractivity (Wildman–Crippen MR) is 93.5 cm³/mol. The summed E-state index contributed by atoms with van der Waals surface area (Å²) in [5, 5.41) is 12.6. The number of aromatic nitrogens is 4. The van der Waals surface area contributed by atoms with Gasteiger partial charge in [-0.25, -0.2) is 4.68 Å². The molecule has 8 heteroatoms. The van der Waals surface area contributed by atoms with Gasteiger partial charge in [-0.15, -0.1) is 5.10 Å². The fourth-order valence-electron chi connectivity index (χ4n) is 3.30. The van der Waals surface area contributed by atoms with Gasteiger partial charge in [-0.05, 0) is 53.8 Å². The van der Waals surface area contributed by atoms with Crippen molar-refractivity contribution in [3.63, 3.8) is 0 Å². The van der Waals surface area contributed by atoms with Crippen molar-refractivity contribution in [2.45, 2.75) is 42.9 Å². The molecule has 2 heterocycles. The van der Waals surface area contributed by atoms with Crippen molar-refractivity contribution in [2.75, 3.05) is 19.4 Å². The van der Waals surface area contributed by atoms with E-state index >= 15 is 0 Å². The van der Waals surface area contributed by atoms with Crippen LogP contribution < -0.4 is 4.74 Å². The van der Waals surface area contributed by atoms with Gasteiger partial charge in [-0.1, -0.05) is 23.9 Å². The number of nitrogens with zero attached hydrogens (tertiary/aromatic N) is 5. The van der Waals surface area contributed by atoms with Gasteiger partial charge in [0.2, 0.25) is 11.1 Å².